The van der Waals surface area contributed by atoms with Crippen molar-refractivity contribution in [1.82, 2.24) is 19.9 Å². The Morgan fingerprint density at radius 3 is 2.65 bits per heavy atom. The van der Waals surface area contributed by atoms with E-state index in [1.165, 1.54) is 4.90 Å². The van der Waals surface area contributed by atoms with Gasteiger partial charge in [0.1, 0.15) is 0 Å². The van der Waals surface area contributed by atoms with Crippen molar-refractivity contribution >= 4 is 5.91 Å². The summed E-state index contributed by atoms with van der Waals surface area (Å²) < 4.78 is 1.57. The van der Waals surface area contributed by atoms with Gasteiger partial charge in [-0.25, -0.2) is 4.68 Å². The van der Waals surface area contributed by atoms with Gasteiger partial charge >= 0.3 is 0 Å². The first-order valence-electron chi connectivity index (χ1n) is 6.55. The molecule has 106 valence electrons. The lowest BCUT2D eigenvalue weighted by atomic mass is 10.2. The molecule has 6 heteroatoms. The fraction of sp³-hybridized carbons (Fsp3) is 0.357. The molecule has 6 nitrogen and oxygen atoms in total. The van der Waals surface area contributed by atoms with E-state index in [0.717, 1.165) is 11.3 Å². The number of amides is 1. The van der Waals surface area contributed by atoms with Crippen LogP contribution in [0.2, 0.25) is 0 Å². The first-order chi connectivity index (χ1) is 9.65. The van der Waals surface area contributed by atoms with Gasteiger partial charge in [0.2, 0.25) is 0 Å². The second-order valence-corrected chi connectivity index (χ2v) is 4.49. The minimum absolute atomic E-state index is 0.0638. The topological polar surface area (TPSA) is 71.2 Å². The molecule has 0 radical (unpaired) electrons. The third-order valence-corrected chi connectivity index (χ3v) is 3.05. The SMILES string of the molecule is CCN(CCO)C(=O)c1cn(-c2ccc(C)cc2)nn1. The summed E-state index contributed by atoms with van der Waals surface area (Å²) >= 11 is 0. The summed E-state index contributed by atoms with van der Waals surface area (Å²) in [7, 11) is 0. The van der Waals surface area contributed by atoms with Crippen molar-refractivity contribution in [1.29, 1.82) is 0 Å². The summed E-state index contributed by atoms with van der Waals surface area (Å²) in [6.45, 7) is 4.63. The largest absolute Gasteiger partial charge is 0.395 e. The molecule has 0 saturated carbocycles. The number of aromatic nitrogens is 3. The van der Waals surface area contributed by atoms with Crippen LogP contribution >= 0.6 is 0 Å². The average molecular weight is 274 g/mol. The Balaban J connectivity index is 2.20. The number of likely N-dealkylation sites (N-methyl/N-ethyl adjacent to an activating group) is 1. The molecular formula is C14H18N4O2. The van der Waals surface area contributed by atoms with E-state index in [2.05, 4.69) is 10.3 Å². The first-order valence-corrected chi connectivity index (χ1v) is 6.55. The Morgan fingerprint density at radius 1 is 1.35 bits per heavy atom. The Morgan fingerprint density at radius 2 is 2.05 bits per heavy atom. The van der Waals surface area contributed by atoms with Gasteiger partial charge in [0.05, 0.1) is 18.5 Å². The molecule has 1 N–H and O–H groups in total. The highest BCUT2D eigenvalue weighted by molar-refractivity contribution is 5.92. The molecule has 1 aromatic carbocycles. The molecule has 20 heavy (non-hydrogen) atoms. The van der Waals surface area contributed by atoms with Gasteiger partial charge in [0, 0.05) is 13.1 Å². The molecular weight excluding hydrogens is 256 g/mol. The Kier molecular flexibility index (Phi) is 4.47. The number of hydrogen-bond donors (Lipinski definition) is 1. The number of aliphatic hydroxyl groups is 1. The maximum absolute atomic E-state index is 12.2. The van der Waals surface area contributed by atoms with E-state index >= 15 is 0 Å². The quantitative estimate of drug-likeness (QED) is 0.884. The van der Waals surface area contributed by atoms with Gasteiger partial charge in [-0.1, -0.05) is 22.9 Å². The number of carbonyl (C=O) groups is 1. The average Bonchev–Trinajstić information content (AvgIpc) is 2.94. The standard InChI is InChI=1S/C14H18N4O2/c1-3-17(8-9-19)14(20)13-10-18(16-15-13)12-6-4-11(2)5-7-12/h4-7,10,19H,3,8-9H2,1-2H3. The molecule has 0 aliphatic carbocycles. The maximum atomic E-state index is 12.2. The molecule has 2 rings (SSSR count). The van der Waals surface area contributed by atoms with Crippen LogP contribution in [0, 0.1) is 6.92 Å². The number of hydrogen-bond acceptors (Lipinski definition) is 4. The molecule has 0 unspecified atom stereocenters. The van der Waals surface area contributed by atoms with Crippen molar-refractivity contribution in [2.75, 3.05) is 19.7 Å². The van der Waals surface area contributed by atoms with Crippen LogP contribution in [0.1, 0.15) is 23.0 Å². The smallest absolute Gasteiger partial charge is 0.276 e. The number of benzene rings is 1. The van der Waals surface area contributed by atoms with Crippen LogP contribution in [0.5, 0.6) is 0 Å². The van der Waals surface area contributed by atoms with Crippen LogP contribution in [0.15, 0.2) is 30.5 Å². The van der Waals surface area contributed by atoms with Gasteiger partial charge in [-0.05, 0) is 26.0 Å². The normalized spacial score (nSPS) is 10.6. The van der Waals surface area contributed by atoms with Crippen molar-refractivity contribution in [3.8, 4) is 5.69 Å². The highest BCUT2D eigenvalue weighted by Gasteiger charge is 2.17. The van der Waals surface area contributed by atoms with Gasteiger partial charge < -0.3 is 10.0 Å². The summed E-state index contributed by atoms with van der Waals surface area (Å²) in [5.74, 6) is -0.222. The predicted octanol–water partition coefficient (Wildman–Crippen LogP) is 1.03. The molecule has 0 bridgehead atoms. The van der Waals surface area contributed by atoms with Crippen LogP contribution in [0.4, 0.5) is 0 Å². The van der Waals surface area contributed by atoms with E-state index in [-0.39, 0.29) is 18.2 Å². The van der Waals surface area contributed by atoms with Crippen molar-refractivity contribution < 1.29 is 9.90 Å². The summed E-state index contributed by atoms with van der Waals surface area (Å²) in [6, 6.07) is 7.79. The number of carbonyl (C=O) groups excluding carboxylic acids is 1. The summed E-state index contributed by atoms with van der Waals surface area (Å²) in [5, 5.41) is 16.8. The van der Waals surface area contributed by atoms with E-state index < -0.39 is 0 Å². The monoisotopic (exact) mass is 274 g/mol. The zero-order chi connectivity index (χ0) is 14.5. The lowest BCUT2D eigenvalue weighted by molar-refractivity contribution is 0.0726. The number of aliphatic hydroxyl groups excluding tert-OH is 1. The van der Waals surface area contributed by atoms with Crippen molar-refractivity contribution in [3.05, 3.63) is 41.7 Å². The molecule has 0 atom stereocenters. The van der Waals surface area contributed by atoms with Crippen LogP contribution in [0.3, 0.4) is 0 Å². The summed E-state index contributed by atoms with van der Waals surface area (Å²) in [4.78, 5) is 13.7. The van der Waals surface area contributed by atoms with E-state index in [1.807, 2.05) is 38.1 Å². The predicted molar refractivity (Wildman–Crippen MR) is 74.8 cm³/mol. The molecule has 0 saturated heterocycles. The highest BCUT2D eigenvalue weighted by atomic mass is 16.3. The van der Waals surface area contributed by atoms with Gasteiger partial charge in [-0.2, -0.15) is 0 Å². The molecule has 0 aliphatic rings. The Labute approximate surface area is 117 Å². The van der Waals surface area contributed by atoms with Crippen LogP contribution in [-0.2, 0) is 0 Å². The van der Waals surface area contributed by atoms with Gasteiger partial charge in [0.15, 0.2) is 5.69 Å². The minimum Gasteiger partial charge on any atom is -0.395 e. The highest BCUT2D eigenvalue weighted by Crippen LogP contribution is 2.09. The molecule has 0 fully saturated rings. The molecule has 0 spiro atoms. The summed E-state index contributed by atoms with van der Waals surface area (Å²) in [5.41, 5.74) is 2.29. The third-order valence-electron chi connectivity index (χ3n) is 3.05. The third kappa shape index (κ3) is 3.03. The molecule has 1 heterocycles. The zero-order valence-corrected chi connectivity index (χ0v) is 11.7. The molecule has 2 aromatic rings. The van der Waals surface area contributed by atoms with Crippen LogP contribution in [0.25, 0.3) is 5.69 Å². The lowest BCUT2D eigenvalue weighted by Gasteiger charge is -2.17. The maximum Gasteiger partial charge on any atom is 0.276 e. The van der Waals surface area contributed by atoms with E-state index in [1.54, 1.807) is 10.9 Å². The zero-order valence-electron chi connectivity index (χ0n) is 11.7. The van der Waals surface area contributed by atoms with E-state index in [4.69, 9.17) is 5.11 Å². The second-order valence-electron chi connectivity index (χ2n) is 4.49. The second kappa shape index (κ2) is 6.29. The van der Waals surface area contributed by atoms with Crippen LogP contribution in [-0.4, -0.2) is 50.6 Å². The number of aryl methyl sites for hydroxylation is 1. The molecule has 0 aliphatic heterocycles. The Bertz CT molecular complexity index is 577. The summed E-state index contributed by atoms with van der Waals surface area (Å²) in [6.07, 6.45) is 1.60. The van der Waals surface area contributed by atoms with Gasteiger partial charge in [0.25, 0.3) is 5.91 Å². The van der Waals surface area contributed by atoms with Crippen molar-refractivity contribution in [2.24, 2.45) is 0 Å². The molecule has 1 aromatic heterocycles. The van der Waals surface area contributed by atoms with Gasteiger partial charge in [-0.3, -0.25) is 4.79 Å². The minimum atomic E-state index is -0.222. The Hall–Kier alpha value is -2.21. The fourth-order valence-corrected chi connectivity index (χ4v) is 1.87. The number of rotatable bonds is 5. The number of nitrogens with zero attached hydrogens (tertiary/aromatic N) is 4. The van der Waals surface area contributed by atoms with Crippen molar-refractivity contribution in [3.63, 3.8) is 0 Å². The van der Waals surface area contributed by atoms with Crippen molar-refractivity contribution in [2.45, 2.75) is 13.8 Å². The van der Waals surface area contributed by atoms with Gasteiger partial charge in [-0.15, -0.1) is 5.10 Å². The van der Waals surface area contributed by atoms with E-state index in [0.29, 0.717) is 13.1 Å². The van der Waals surface area contributed by atoms with E-state index in [9.17, 15) is 4.79 Å². The first kappa shape index (κ1) is 14.2. The molecule has 1 amide bonds. The lowest BCUT2D eigenvalue weighted by Crippen LogP contribution is -2.33. The van der Waals surface area contributed by atoms with Crippen LogP contribution < -0.4 is 0 Å². The fourth-order valence-electron chi connectivity index (χ4n) is 1.87.